The van der Waals surface area contributed by atoms with Crippen molar-refractivity contribution in [3.8, 4) is 0 Å². The Labute approximate surface area is 126 Å². The first-order chi connectivity index (χ1) is 10.1. The van der Waals surface area contributed by atoms with E-state index in [1.54, 1.807) is 0 Å². The van der Waals surface area contributed by atoms with Gasteiger partial charge in [-0.25, -0.2) is 4.79 Å². The fourth-order valence-corrected chi connectivity index (χ4v) is 2.84. The Morgan fingerprint density at radius 1 is 1.24 bits per heavy atom. The quantitative estimate of drug-likeness (QED) is 0.539. The second-order valence-electron chi connectivity index (χ2n) is 5.76. The molecule has 3 N–H and O–H groups in total. The van der Waals surface area contributed by atoms with E-state index in [2.05, 4.69) is 10.6 Å². The minimum Gasteiger partial charge on any atom is -0.481 e. The van der Waals surface area contributed by atoms with Crippen molar-refractivity contribution >= 4 is 12.0 Å². The molecular weight excluding hydrogens is 272 g/mol. The largest absolute Gasteiger partial charge is 0.481 e. The summed E-state index contributed by atoms with van der Waals surface area (Å²) in [5.41, 5.74) is 0.174. The monoisotopic (exact) mass is 300 g/mol. The zero-order valence-corrected chi connectivity index (χ0v) is 13.0. The third-order valence-electron chi connectivity index (χ3n) is 4.12. The summed E-state index contributed by atoms with van der Waals surface area (Å²) in [4.78, 5) is 22.1. The van der Waals surface area contributed by atoms with E-state index in [0.717, 1.165) is 32.5 Å². The van der Waals surface area contributed by atoms with Gasteiger partial charge in [0, 0.05) is 32.7 Å². The molecule has 0 radical (unpaired) electrons. The van der Waals surface area contributed by atoms with Crippen molar-refractivity contribution in [2.24, 2.45) is 5.41 Å². The molecule has 1 saturated carbocycles. The zero-order chi connectivity index (χ0) is 15.6. The van der Waals surface area contributed by atoms with Gasteiger partial charge in [0.1, 0.15) is 0 Å². The maximum absolute atomic E-state index is 11.7. The molecule has 6 heteroatoms. The molecule has 122 valence electrons. The van der Waals surface area contributed by atoms with E-state index in [1.807, 2.05) is 6.92 Å². The van der Waals surface area contributed by atoms with Gasteiger partial charge in [-0.05, 0) is 38.0 Å². The molecule has 1 aliphatic carbocycles. The molecule has 0 spiro atoms. The minimum absolute atomic E-state index is 0.0819. The van der Waals surface area contributed by atoms with Crippen molar-refractivity contribution in [1.82, 2.24) is 10.6 Å². The number of ether oxygens (including phenoxy) is 1. The highest BCUT2D eigenvalue weighted by Crippen LogP contribution is 2.40. The van der Waals surface area contributed by atoms with E-state index in [0.29, 0.717) is 19.5 Å². The Bertz CT molecular complexity index is 328. The molecule has 0 aromatic carbocycles. The van der Waals surface area contributed by atoms with Crippen LogP contribution in [0.5, 0.6) is 0 Å². The van der Waals surface area contributed by atoms with Crippen molar-refractivity contribution in [2.75, 3.05) is 26.3 Å². The van der Waals surface area contributed by atoms with Gasteiger partial charge in [-0.2, -0.15) is 0 Å². The zero-order valence-electron chi connectivity index (χ0n) is 13.0. The summed E-state index contributed by atoms with van der Waals surface area (Å²) in [6.07, 6.45) is 6.23. The molecule has 6 nitrogen and oxygen atoms in total. The molecule has 0 saturated heterocycles. The first kappa shape index (κ1) is 17.8. The van der Waals surface area contributed by atoms with Crippen LogP contribution in [0.1, 0.15) is 51.9 Å². The number of rotatable bonds is 10. The molecule has 0 aromatic heterocycles. The molecule has 0 aromatic rings. The van der Waals surface area contributed by atoms with Gasteiger partial charge < -0.3 is 20.5 Å². The van der Waals surface area contributed by atoms with E-state index in [-0.39, 0.29) is 17.9 Å². The standard InChI is InChI=1S/C15H28N2O4/c1-2-21-11-9-15(7-3-4-8-15)12-17-14(20)16-10-5-6-13(18)19/h2-12H2,1H3,(H,18,19)(H2,16,17,20). The van der Waals surface area contributed by atoms with Crippen LogP contribution < -0.4 is 10.6 Å². The van der Waals surface area contributed by atoms with Crippen molar-refractivity contribution in [2.45, 2.75) is 51.9 Å². The lowest BCUT2D eigenvalue weighted by Crippen LogP contribution is -2.42. The number of urea groups is 1. The van der Waals surface area contributed by atoms with Crippen LogP contribution in [0.15, 0.2) is 0 Å². The van der Waals surface area contributed by atoms with Crippen LogP contribution in [0.3, 0.4) is 0 Å². The average molecular weight is 300 g/mol. The molecule has 2 amide bonds. The highest BCUT2D eigenvalue weighted by Gasteiger charge is 2.33. The molecule has 0 unspecified atom stereocenters. The minimum atomic E-state index is -0.835. The highest BCUT2D eigenvalue weighted by atomic mass is 16.5. The summed E-state index contributed by atoms with van der Waals surface area (Å²) in [5, 5.41) is 14.2. The van der Waals surface area contributed by atoms with E-state index < -0.39 is 5.97 Å². The predicted octanol–water partition coefficient (Wildman–Crippen LogP) is 2.14. The molecule has 21 heavy (non-hydrogen) atoms. The van der Waals surface area contributed by atoms with Gasteiger partial charge in [0.2, 0.25) is 0 Å². The maximum Gasteiger partial charge on any atom is 0.314 e. The number of nitrogens with one attached hydrogen (secondary N) is 2. The van der Waals surface area contributed by atoms with E-state index in [4.69, 9.17) is 9.84 Å². The number of hydrogen-bond acceptors (Lipinski definition) is 3. The molecule has 0 atom stereocenters. The van der Waals surface area contributed by atoms with Crippen molar-refractivity contribution in [1.29, 1.82) is 0 Å². The van der Waals surface area contributed by atoms with Crippen LogP contribution in [-0.2, 0) is 9.53 Å². The van der Waals surface area contributed by atoms with Crippen LogP contribution in [0, 0.1) is 5.41 Å². The fraction of sp³-hybridized carbons (Fsp3) is 0.867. The summed E-state index contributed by atoms with van der Waals surface area (Å²) in [6.45, 7) is 4.53. The number of amides is 2. The predicted molar refractivity (Wildman–Crippen MR) is 80.3 cm³/mol. The van der Waals surface area contributed by atoms with Crippen LogP contribution in [-0.4, -0.2) is 43.4 Å². The number of aliphatic carboxylic acids is 1. The lowest BCUT2D eigenvalue weighted by Gasteiger charge is -2.29. The first-order valence-electron chi connectivity index (χ1n) is 7.89. The van der Waals surface area contributed by atoms with E-state index >= 15 is 0 Å². The summed E-state index contributed by atoms with van der Waals surface area (Å²) >= 11 is 0. The molecule has 1 fully saturated rings. The van der Waals surface area contributed by atoms with Gasteiger partial charge in [0.25, 0.3) is 0 Å². The smallest absolute Gasteiger partial charge is 0.314 e. The number of carboxylic acid groups (broad SMARTS) is 1. The van der Waals surface area contributed by atoms with E-state index in [1.165, 1.54) is 12.8 Å². The number of carbonyl (C=O) groups excluding carboxylic acids is 1. The Kier molecular flexibility index (Phi) is 8.12. The first-order valence-corrected chi connectivity index (χ1v) is 7.89. The fourth-order valence-electron chi connectivity index (χ4n) is 2.84. The average Bonchev–Trinajstić information content (AvgIpc) is 2.91. The van der Waals surface area contributed by atoms with Gasteiger partial charge in [0.05, 0.1) is 0 Å². The SMILES string of the molecule is CCOCCC1(CNC(=O)NCCCC(=O)O)CCCC1. The van der Waals surface area contributed by atoms with Gasteiger partial charge >= 0.3 is 12.0 Å². The topological polar surface area (TPSA) is 87.7 Å². The molecule has 0 bridgehead atoms. The van der Waals surface area contributed by atoms with Crippen molar-refractivity contribution in [3.05, 3.63) is 0 Å². The molecule has 0 heterocycles. The molecule has 1 rings (SSSR count). The second kappa shape index (κ2) is 9.60. The van der Waals surface area contributed by atoms with Gasteiger partial charge in [-0.15, -0.1) is 0 Å². The second-order valence-corrected chi connectivity index (χ2v) is 5.76. The summed E-state index contributed by atoms with van der Waals surface area (Å²) < 4.78 is 5.45. The Morgan fingerprint density at radius 2 is 1.95 bits per heavy atom. The van der Waals surface area contributed by atoms with Crippen LogP contribution in [0.4, 0.5) is 4.79 Å². The maximum atomic E-state index is 11.7. The van der Waals surface area contributed by atoms with Gasteiger partial charge in [-0.3, -0.25) is 4.79 Å². The number of hydrogen-bond donors (Lipinski definition) is 3. The summed E-state index contributed by atoms with van der Waals surface area (Å²) in [5.74, 6) is -0.835. The molecular formula is C15H28N2O4. The number of carbonyl (C=O) groups is 2. The van der Waals surface area contributed by atoms with Crippen LogP contribution in [0.25, 0.3) is 0 Å². The number of carboxylic acids is 1. The third-order valence-corrected chi connectivity index (χ3v) is 4.12. The molecule has 0 aliphatic heterocycles. The van der Waals surface area contributed by atoms with Gasteiger partial charge in [-0.1, -0.05) is 12.8 Å². The highest BCUT2D eigenvalue weighted by molar-refractivity contribution is 5.74. The van der Waals surface area contributed by atoms with E-state index in [9.17, 15) is 9.59 Å². The van der Waals surface area contributed by atoms with Crippen molar-refractivity contribution in [3.63, 3.8) is 0 Å². The van der Waals surface area contributed by atoms with Crippen LogP contribution in [0.2, 0.25) is 0 Å². The van der Waals surface area contributed by atoms with Crippen LogP contribution >= 0.6 is 0 Å². The lowest BCUT2D eigenvalue weighted by molar-refractivity contribution is -0.137. The summed E-state index contributed by atoms with van der Waals surface area (Å²) in [7, 11) is 0. The molecule has 1 aliphatic rings. The Morgan fingerprint density at radius 3 is 2.57 bits per heavy atom. The van der Waals surface area contributed by atoms with Gasteiger partial charge in [0.15, 0.2) is 0 Å². The third kappa shape index (κ3) is 7.32. The van der Waals surface area contributed by atoms with Crippen molar-refractivity contribution < 1.29 is 19.4 Å². The Hall–Kier alpha value is -1.30. The lowest BCUT2D eigenvalue weighted by atomic mass is 9.83. The summed E-state index contributed by atoms with van der Waals surface area (Å²) in [6, 6.07) is -0.205. The Balaban J connectivity index is 2.22. The normalized spacial score (nSPS) is 16.6.